The molecule has 0 saturated carbocycles. The molecule has 1 aliphatic carbocycles. The van der Waals surface area contributed by atoms with Gasteiger partial charge < -0.3 is 14.2 Å². The topological polar surface area (TPSA) is 99.2 Å². The fraction of sp³-hybridized carbons (Fsp3) is 0.333. The number of amides is 2. The van der Waals surface area contributed by atoms with E-state index in [2.05, 4.69) is 0 Å². The molecule has 0 aromatic heterocycles. The molecule has 0 saturated heterocycles. The van der Waals surface area contributed by atoms with E-state index in [0.717, 1.165) is 36.0 Å². The molecule has 1 aliphatic rings. The standard InChI is InChI=1S/C27H26ClF2NO7S/c1-15(26(34)37-3)39-23-13-22(21(30)12-20(23)28)31(24(32)16-7-6-8-17(29)11-16)25(33)18-9-4-5-10-19(18)27(35)38-14-36-2/h6-8,11-13,15H,4-5,9-10,14H2,1-3H3. The number of methoxy groups -OCH3 is 2. The van der Waals surface area contributed by atoms with Crippen molar-refractivity contribution in [1.82, 2.24) is 0 Å². The highest BCUT2D eigenvalue weighted by molar-refractivity contribution is 8.00. The SMILES string of the molecule is COCOC(=O)C1=C(C(=O)N(C(=O)c2cccc(F)c2)c2cc(SC(C)C(=O)OC)c(Cl)cc2F)CCCC1. The first-order valence-corrected chi connectivity index (χ1v) is 13.1. The minimum atomic E-state index is -1.03. The molecule has 208 valence electrons. The lowest BCUT2D eigenvalue weighted by atomic mass is 9.90. The average Bonchev–Trinajstić information content (AvgIpc) is 2.93. The molecule has 2 amide bonds. The number of carbonyl (C=O) groups is 4. The highest BCUT2D eigenvalue weighted by Crippen LogP contribution is 2.38. The Morgan fingerprint density at radius 1 is 1.03 bits per heavy atom. The first-order valence-electron chi connectivity index (χ1n) is 11.8. The molecule has 0 N–H and O–H groups in total. The number of thioether (sulfide) groups is 1. The van der Waals surface area contributed by atoms with E-state index in [1.54, 1.807) is 6.92 Å². The Balaban J connectivity index is 2.17. The van der Waals surface area contributed by atoms with E-state index in [0.29, 0.717) is 17.7 Å². The van der Waals surface area contributed by atoms with Crippen LogP contribution in [0.15, 0.2) is 52.4 Å². The summed E-state index contributed by atoms with van der Waals surface area (Å²) in [4.78, 5) is 53.0. The molecule has 0 spiro atoms. The van der Waals surface area contributed by atoms with E-state index in [1.165, 1.54) is 26.4 Å². The highest BCUT2D eigenvalue weighted by atomic mass is 35.5. The van der Waals surface area contributed by atoms with Crippen molar-refractivity contribution >= 4 is 52.8 Å². The van der Waals surface area contributed by atoms with E-state index >= 15 is 4.39 Å². The molecule has 1 atom stereocenters. The molecular weight excluding hydrogens is 556 g/mol. The molecule has 0 aliphatic heterocycles. The zero-order valence-electron chi connectivity index (χ0n) is 21.4. The van der Waals surface area contributed by atoms with Crippen LogP contribution in [-0.4, -0.2) is 50.0 Å². The summed E-state index contributed by atoms with van der Waals surface area (Å²) in [7, 11) is 2.54. The van der Waals surface area contributed by atoms with Gasteiger partial charge in [0.1, 0.15) is 16.9 Å². The van der Waals surface area contributed by atoms with Crippen LogP contribution in [0.2, 0.25) is 5.02 Å². The Labute approximate surface area is 233 Å². The molecule has 0 bridgehead atoms. The number of rotatable bonds is 9. The summed E-state index contributed by atoms with van der Waals surface area (Å²) in [5.41, 5.74) is -0.696. The molecule has 0 heterocycles. The van der Waals surface area contributed by atoms with E-state index < -0.39 is 46.3 Å². The van der Waals surface area contributed by atoms with Gasteiger partial charge in [-0.1, -0.05) is 17.7 Å². The Bertz CT molecular complexity index is 1320. The summed E-state index contributed by atoms with van der Waals surface area (Å²) in [5, 5.41) is -0.819. The van der Waals surface area contributed by atoms with Gasteiger partial charge in [-0.3, -0.25) is 14.4 Å². The van der Waals surface area contributed by atoms with Crippen molar-refractivity contribution in [1.29, 1.82) is 0 Å². The number of hydrogen-bond donors (Lipinski definition) is 0. The second-order valence-corrected chi connectivity index (χ2v) is 10.3. The monoisotopic (exact) mass is 581 g/mol. The van der Waals surface area contributed by atoms with Crippen molar-refractivity contribution < 1.29 is 42.2 Å². The van der Waals surface area contributed by atoms with Gasteiger partial charge in [-0.15, -0.1) is 11.8 Å². The molecule has 0 fully saturated rings. The quantitative estimate of drug-likeness (QED) is 0.167. The van der Waals surface area contributed by atoms with Gasteiger partial charge in [0.15, 0.2) is 6.79 Å². The van der Waals surface area contributed by atoms with Crippen molar-refractivity contribution in [3.05, 3.63) is 69.8 Å². The van der Waals surface area contributed by atoms with Crippen LogP contribution in [0.3, 0.4) is 0 Å². The van der Waals surface area contributed by atoms with Crippen molar-refractivity contribution in [3.63, 3.8) is 0 Å². The molecule has 2 aromatic rings. The largest absolute Gasteiger partial charge is 0.468 e. The predicted octanol–water partition coefficient (Wildman–Crippen LogP) is 5.46. The Morgan fingerprint density at radius 2 is 1.72 bits per heavy atom. The van der Waals surface area contributed by atoms with Crippen LogP contribution in [0.1, 0.15) is 43.0 Å². The molecule has 1 unspecified atom stereocenters. The lowest BCUT2D eigenvalue weighted by Gasteiger charge is -2.27. The zero-order valence-corrected chi connectivity index (χ0v) is 23.0. The van der Waals surface area contributed by atoms with Crippen molar-refractivity contribution in [2.45, 2.75) is 42.8 Å². The maximum absolute atomic E-state index is 15.4. The molecule has 0 radical (unpaired) electrons. The van der Waals surface area contributed by atoms with Crippen molar-refractivity contribution in [3.8, 4) is 0 Å². The number of imide groups is 1. The van der Waals surface area contributed by atoms with E-state index in [4.69, 9.17) is 25.8 Å². The lowest BCUT2D eigenvalue weighted by molar-refractivity contribution is -0.149. The maximum Gasteiger partial charge on any atom is 0.336 e. The van der Waals surface area contributed by atoms with E-state index in [-0.39, 0.29) is 46.3 Å². The van der Waals surface area contributed by atoms with Crippen LogP contribution in [0, 0.1) is 11.6 Å². The third kappa shape index (κ3) is 7.23. The maximum atomic E-state index is 15.4. The van der Waals surface area contributed by atoms with Gasteiger partial charge >= 0.3 is 11.9 Å². The minimum absolute atomic E-state index is 0.0291. The van der Waals surface area contributed by atoms with Crippen LogP contribution in [0.4, 0.5) is 14.5 Å². The number of nitrogens with zero attached hydrogens (tertiary/aromatic N) is 1. The summed E-state index contributed by atoms with van der Waals surface area (Å²) in [6.07, 6.45) is 1.45. The first kappa shape index (κ1) is 30.3. The van der Waals surface area contributed by atoms with E-state index in [1.807, 2.05) is 0 Å². The molecule has 8 nitrogen and oxygen atoms in total. The Hall–Kier alpha value is -3.28. The second kappa shape index (κ2) is 13.7. The Morgan fingerprint density at radius 3 is 2.36 bits per heavy atom. The van der Waals surface area contributed by atoms with Gasteiger partial charge in [-0.25, -0.2) is 18.5 Å². The van der Waals surface area contributed by atoms with E-state index in [9.17, 15) is 23.6 Å². The van der Waals surface area contributed by atoms with Crippen molar-refractivity contribution in [2.75, 3.05) is 25.9 Å². The number of ether oxygens (including phenoxy) is 3. The van der Waals surface area contributed by atoms with Gasteiger partial charge in [-0.2, -0.15) is 0 Å². The fourth-order valence-corrected chi connectivity index (χ4v) is 5.16. The van der Waals surface area contributed by atoms with Crippen LogP contribution in [-0.2, 0) is 28.6 Å². The molecule has 39 heavy (non-hydrogen) atoms. The number of halogens is 3. The number of hydrogen-bond acceptors (Lipinski definition) is 8. The molecular formula is C27H26ClF2NO7S. The fourth-order valence-electron chi connectivity index (χ4n) is 3.95. The predicted molar refractivity (Wildman–Crippen MR) is 140 cm³/mol. The third-order valence-electron chi connectivity index (χ3n) is 5.84. The van der Waals surface area contributed by atoms with Gasteiger partial charge in [0.2, 0.25) is 0 Å². The summed E-state index contributed by atoms with van der Waals surface area (Å²) >= 11 is 7.16. The van der Waals surface area contributed by atoms with Crippen LogP contribution >= 0.6 is 23.4 Å². The van der Waals surface area contributed by atoms with Crippen LogP contribution in [0.25, 0.3) is 0 Å². The first-order chi connectivity index (χ1) is 18.6. The van der Waals surface area contributed by atoms with Gasteiger partial charge in [0.25, 0.3) is 11.8 Å². The summed E-state index contributed by atoms with van der Waals surface area (Å²) in [6.45, 7) is 1.20. The Kier molecular flexibility index (Phi) is 10.6. The number of benzene rings is 2. The second-order valence-electron chi connectivity index (χ2n) is 8.48. The molecule has 12 heteroatoms. The lowest BCUT2D eigenvalue weighted by Crippen LogP contribution is -2.40. The van der Waals surface area contributed by atoms with Crippen molar-refractivity contribution in [2.24, 2.45) is 0 Å². The number of esters is 2. The summed E-state index contributed by atoms with van der Waals surface area (Å²) in [6, 6.07) is 6.64. The van der Waals surface area contributed by atoms with Crippen LogP contribution < -0.4 is 4.90 Å². The van der Waals surface area contributed by atoms with Gasteiger partial charge in [-0.05, 0) is 62.9 Å². The third-order valence-corrected chi connectivity index (χ3v) is 7.40. The van der Waals surface area contributed by atoms with Gasteiger partial charge in [0.05, 0.1) is 17.8 Å². The average molecular weight is 582 g/mol. The number of anilines is 1. The number of carbonyl (C=O) groups excluding carboxylic acids is 4. The summed E-state index contributed by atoms with van der Waals surface area (Å²) < 4.78 is 44.0. The molecule has 2 aromatic carbocycles. The molecule has 3 rings (SSSR count). The van der Waals surface area contributed by atoms with Gasteiger partial charge in [0, 0.05) is 28.7 Å². The van der Waals surface area contributed by atoms with Crippen LogP contribution in [0.5, 0.6) is 0 Å². The zero-order chi connectivity index (χ0) is 28.7. The summed E-state index contributed by atoms with van der Waals surface area (Å²) in [5.74, 6) is -5.12. The highest BCUT2D eigenvalue weighted by Gasteiger charge is 2.35. The minimum Gasteiger partial charge on any atom is -0.468 e. The normalized spacial score (nSPS) is 14.0. The smallest absolute Gasteiger partial charge is 0.336 e.